The van der Waals surface area contributed by atoms with Crippen molar-refractivity contribution in [3.8, 4) is 0 Å². The van der Waals surface area contributed by atoms with E-state index in [4.69, 9.17) is 22.6 Å². The Morgan fingerprint density at radius 2 is 0.724 bits per heavy atom. The van der Waals surface area contributed by atoms with E-state index in [0.717, 1.165) is 151 Å². The number of fused-ring (bicyclic) bond motifs is 10. The van der Waals surface area contributed by atoms with E-state index in [1.165, 1.54) is 60.8 Å². The molecule has 5 aromatic carbocycles. The van der Waals surface area contributed by atoms with Crippen LogP contribution in [0.5, 0.6) is 0 Å². The number of alkyl halides is 4. The second-order valence-corrected chi connectivity index (χ2v) is 38.8. The molecule has 1 aliphatic rings. The average molecular weight is 1820 g/mol. The van der Waals surface area contributed by atoms with Crippen LogP contribution in [0.25, 0.3) is 110 Å². The molecule has 2 atom stereocenters. The second-order valence-electron chi connectivity index (χ2n) is 38.8. The molecule has 21 rings (SSSR count). The molecule has 0 saturated carbocycles. The van der Waals surface area contributed by atoms with Crippen molar-refractivity contribution in [1.82, 2.24) is 112 Å². The maximum atomic E-state index is 14.6. The number of nitrogens with zero attached hydrogens (tertiary/aromatic N) is 17. The Bertz CT molecular complexity index is 7120. The Hall–Kier alpha value is -14.8. The lowest BCUT2D eigenvalue weighted by Crippen LogP contribution is -2.33. The number of rotatable bonds is 21. The smallest absolute Gasteiger partial charge is 0.298 e. The molecule has 1 fully saturated rings. The first-order chi connectivity index (χ1) is 64.1. The van der Waals surface area contributed by atoms with Crippen LogP contribution in [-0.4, -0.2) is 125 Å². The molecule has 0 aliphatic carbocycles. The topological polar surface area (TPSA) is 414 Å². The maximum absolute atomic E-state index is 14.6. The van der Waals surface area contributed by atoms with E-state index in [9.17, 15) is 17.6 Å². The Morgan fingerprint density at radius 3 is 1.16 bits per heavy atom. The fourth-order valence-corrected chi connectivity index (χ4v) is 16.8. The fraction of sp³-hybridized carbons (Fsp3) is 0.347. The maximum Gasteiger partial charge on any atom is 0.298 e. The molecule has 0 radical (unpaired) electrons. The molecule has 16 heterocycles. The Morgan fingerprint density at radius 1 is 0.373 bits per heavy atom. The Balaban J connectivity index is 0.000000117. The highest BCUT2D eigenvalue weighted by Gasteiger charge is 2.50. The van der Waals surface area contributed by atoms with Gasteiger partial charge in [-0.25, -0.2) is 19.9 Å². The number of halogens is 4. The van der Waals surface area contributed by atoms with Crippen LogP contribution in [0.15, 0.2) is 199 Å². The first kappa shape index (κ1) is 91.1. The number of piperidine rings is 1. The summed E-state index contributed by atoms with van der Waals surface area (Å²) in [6.07, 6.45) is 18.1. The summed E-state index contributed by atoms with van der Waals surface area (Å²) in [6.45, 7) is 32.4. The van der Waals surface area contributed by atoms with E-state index in [0.29, 0.717) is 96.1 Å². The summed E-state index contributed by atoms with van der Waals surface area (Å²) in [7, 11) is 0. The number of anilines is 10. The highest BCUT2D eigenvalue weighted by molar-refractivity contribution is 5.95. The third-order valence-electron chi connectivity index (χ3n) is 23.5. The minimum absolute atomic E-state index is 0.279. The number of hydrogen-bond donors (Lipinski definition) is 10. The van der Waals surface area contributed by atoms with Crippen LogP contribution in [-0.2, 0) is 31.2 Å². The van der Waals surface area contributed by atoms with Crippen molar-refractivity contribution in [2.45, 2.75) is 167 Å². The van der Waals surface area contributed by atoms with Crippen molar-refractivity contribution in [3.63, 3.8) is 0 Å². The van der Waals surface area contributed by atoms with Crippen LogP contribution in [0.4, 0.5) is 75.1 Å². The molecular weight excluding hydrogens is 1710 g/mol. The summed E-state index contributed by atoms with van der Waals surface area (Å²) in [5.74, 6) is -0.821. The van der Waals surface area contributed by atoms with Gasteiger partial charge in [-0.3, -0.25) is 40.4 Å². The summed E-state index contributed by atoms with van der Waals surface area (Å²) in [6, 6.07) is 43.1. The second kappa shape index (κ2) is 37.4. The van der Waals surface area contributed by atoms with Gasteiger partial charge in [-0.15, -0.1) is 0 Å². The van der Waals surface area contributed by atoms with Gasteiger partial charge in [0.2, 0.25) is 5.65 Å². The first-order valence-electron chi connectivity index (χ1n) is 44.7. The third kappa shape index (κ3) is 20.3. The van der Waals surface area contributed by atoms with Crippen molar-refractivity contribution < 1.29 is 40.2 Å². The minimum Gasteiger partial charge on any atom is -0.356 e. The lowest BCUT2D eigenvalue weighted by Gasteiger charge is -2.30. The number of nitrogens with one attached hydrogen (secondary N) is 10. The molecule has 36 heteroatoms. The van der Waals surface area contributed by atoms with Gasteiger partial charge in [-0.1, -0.05) is 136 Å². The van der Waals surface area contributed by atoms with Crippen molar-refractivity contribution in [2.24, 2.45) is 39.4 Å². The van der Waals surface area contributed by atoms with Crippen molar-refractivity contribution >= 4 is 168 Å². The zero-order valence-corrected chi connectivity index (χ0v) is 77.2. The third-order valence-corrected chi connectivity index (χ3v) is 23.5. The SMILES string of the molecule is CC(C)(C)C(F)(F)c1noc2cc(Nc3[nH]nc4ncccc34)ccc12.CC(C)(C)C(F)(F)c1noc2cc(Nc3n[nH]c4cccnc34)ccc12.CC(Cc1noc2cc(Nc3[nH]nc4ncccc34)ccc12)CC(C)(C)C.CC(Cc1noc2cc(Nc3[nH]nc4nccnc34)ccc12)CC(C)(C)C.CCC1CCN(Cc2noc3cc(Nc4n[nH]c5cccnc45)ccc23)CC1. The van der Waals surface area contributed by atoms with Crippen LogP contribution in [0.1, 0.15) is 164 Å². The van der Waals surface area contributed by atoms with Gasteiger partial charge in [0.1, 0.15) is 28.4 Å². The van der Waals surface area contributed by atoms with Gasteiger partial charge in [0.05, 0.1) is 44.0 Å². The summed E-state index contributed by atoms with van der Waals surface area (Å²) >= 11 is 0. The summed E-state index contributed by atoms with van der Waals surface area (Å²) in [5, 5.41) is 77.7. The Labute approximate surface area is 766 Å². The molecule has 1 saturated heterocycles. The van der Waals surface area contributed by atoms with E-state index < -0.39 is 22.7 Å². The molecule has 10 N–H and O–H groups in total. The molecule has 20 aromatic rings. The summed E-state index contributed by atoms with van der Waals surface area (Å²) < 4.78 is 85.7. The van der Waals surface area contributed by atoms with Gasteiger partial charge in [-0.05, 0) is 189 Å². The summed E-state index contributed by atoms with van der Waals surface area (Å²) in [4.78, 5) is 28.0. The molecule has 0 bridgehead atoms. The standard InChI is InChI=1S/C21H24N6O.C21H25N5O.C20H24N6O.2C18H17F2N5O/c1-2-14-7-10-27(11-8-14)13-18-16-6-5-15(12-19(16)28-26-18)23-21-20-17(24-25-21)4-3-9-22-20;1-13(12-21(2,3)4)10-17-15-8-7-14(11-18(15)27-26-17)23-20-16-6-5-9-22-19(16)24-25-20;1-12(11-20(2,3)4)9-15-14-6-5-13(10-16(14)27-26-15)23-19-17-18(24-25-19)22-8-7-21-17;1-17(2,3)18(19,20)15-11-7-6-10(9-13(11)26-25-15)22-16-14-12(23-24-16)5-4-8-21-14;1-17(2,3)18(19,20)14-11-7-6-10(9-13(11)26-25-14)22-16-12-5-4-8-21-15(12)23-24-16/h3-6,9,12,14H,2,7-8,10-11,13H2,1H3,(H2,23,24,25);5-9,11,13H,10,12H2,1-4H3,(H2,22,23,24,25);5-8,10,12H,9,11H2,1-4H3,(H2,22,23,24,25);4-9H,1-3H3,(H2,22,23,24);4-9H,1-3H3,(H2,21,22,23,24). The molecule has 2 unspecified atom stereocenters. The molecule has 0 amide bonds. The number of aromatic nitrogens is 21. The van der Waals surface area contributed by atoms with Gasteiger partial charge in [-0.2, -0.15) is 43.1 Å². The van der Waals surface area contributed by atoms with E-state index in [1.54, 1.807) is 73.6 Å². The molecule has 0 spiro atoms. The predicted octanol–water partition coefficient (Wildman–Crippen LogP) is 24.7. The van der Waals surface area contributed by atoms with E-state index in [2.05, 4.69) is 219 Å². The average Bonchev–Trinajstić information content (AvgIpc) is 1.60. The van der Waals surface area contributed by atoms with E-state index >= 15 is 0 Å². The molecule has 32 nitrogen and oxygen atoms in total. The van der Waals surface area contributed by atoms with E-state index in [-0.39, 0.29) is 22.6 Å². The van der Waals surface area contributed by atoms with Gasteiger partial charge >= 0.3 is 0 Å². The largest absolute Gasteiger partial charge is 0.356 e. The molecular formula is C98H107F4N27O5. The number of H-pyrrole nitrogens is 5. The molecule has 1 aliphatic heterocycles. The number of hydrogen-bond acceptors (Lipinski definition) is 27. The lowest BCUT2D eigenvalue weighted by molar-refractivity contribution is -0.108. The normalized spacial score (nSPS) is 13.7. The quantitative estimate of drug-likeness (QED) is 0.0299. The monoisotopic (exact) mass is 1820 g/mol. The van der Waals surface area contributed by atoms with Gasteiger partial charge in [0.15, 0.2) is 73.6 Å². The Kier molecular flexibility index (Phi) is 25.4. The highest BCUT2D eigenvalue weighted by atomic mass is 19.3. The number of pyridine rings is 4. The number of aromatic amines is 5. The van der Waals surface area contributed by atoms with E-state index in [1.807, 2.05) is 84.9 Å². The first-order valence-corrected chi connectivity index (χ1v) is 44.7. The fourth-order valence-electron chi connectivity index (χ4n) is 16.8. The van der Waals surface area contributed by atoms with Crippen LogP contribution >= 0.6 is 0 Å². The predicted molar refractivity (Wildman–Crippen MR) is 513 cm³/mol. The lowest BCUT2D eigenvalue weighted by atomic mass is 9.83. The van der Waals surface area contributed by atoms with Crippen molar-refractivity contribution in [3.05, 3.63) is 205 Å². The van der Waals surface area contributed by atoms with Crippen molar-refractivity contribution in [1.29, 1.82) is 0 Å². The highest BCUT2D eigenvalue weighted by Crippen LogP contribution is 2.49. The summed E-state index contributed by atoms with van der Waals surface area (Å²) in [5.41, 5.74) is 13.1. The van der Waals surface area contributed by atoms with Gasteiger partial charge in [0.25, 0.3) is 11.8 Å². The van der Waals surface area contributed by atoms with Crippen LogP contribution < -0.4 is 26.6 Å². The van der Waals surface area contributed by atoms with Crippen molar-refractivity contribution in [2.75, 3.05) is 39.7 Å². The van der Waals surface area contributed by atoms with Gasteiger partial charge < -0.3 is 49.2 Å². The minimum atomic E-state index is -3.12. The van der Waals surface area contributed by atoms with Crippen LogP contribution in [0.3, 0.4) is 0 Å². The number of likely N-dealkylation sites (tertiary alicyclic amines) is 1. The van der Waals surface area contributed by atoms with Crippen LogP contribution in [0, 0.1) is 39.4 Å². The molecule has 15 aromatic heterocycles. The molecule has 134 heavy (non-hydrogen) atoms. The van der Waals surface area contributed by atoms with Gasteiger partial charge in [0, 0.05) is 129 Å². The van der Waals surface area contributed by atoms with Crippen LogP contribution in [0.2, 0.25) is 0 Å². The zero-order chi connectivity index (χ0) is 94.0. The number of benzene rings is 5. The molecule has 692 valence electrons. The zero-order valence-electron chi connectivity index (χ0n) is 77.2.